The average molecular weight is 243 g/mol. The van der Waals surface area contributed by atoms with Crippen LogP contribution in [-0.4, -0.2) is 35.6 Å². The second kappa shape index (κ2) is 4.63. The quantitative estimate of drug-likeness (QED) is 0.771. The average Bonchev–Trinajstić information content (AvgIpc) is 2.27. The van der Waals surface area contributed by atoms with E-state index in [1.807, 2.05) is 0 Å². The summed E-state index contributed by atoms with van der Waals surface area (Å²) in [4.78, 5) is 19.4. The minimum Gasteiger partial charge on any atom is -0.385 e. The molecule has 1 aliphatic heterocycles. The van der Waals surface area contributed by atoms with Crippen molar-refractivity contribution in [2.24, 2.45) is 0 Å². The third-order valence-electron chi connectivity index (χ3n) is 2.26. The Bertz CT molecular complexity index is 412. The number of anilines is 2. The summed E-state index contributed by atoms with van der Waals surface area (Å²) in [6.07, 6.45) is 2.05. The fourth-order valence-electron chi connectivity index (χ4n) is 1.45. The van der Waals surface area contributed by atoms with Crippen molar-refractivity contribution in [1.82, 2.24) is 9.97 Å². The van der Waals surface area contributed by atoms with Crippen molar-refractivity contribution in [1.29, 1.82) is 0 Å². The van der Waals surface area contributed by atoms with Gasteiger partial charge < -0.3 is 15.4 Å². The summed E-state index contributed by atoms with van der Waals surface area (Å²) in [5, 5.41) is 5.85. The molecule has 0 saturated carbocycles. The number of nitrogens with zero attached hydrogens (tertiary/aromatic N) is 2. The molecule has 2 N–H and O–H groups in total. The van der Waals surface area contributed by atoms with Crippen LogP contribution in [-0.2, 0) is 9.53 Å². The van der Waals surface area contributed by atoms with Gasteiger partial charge in [-0.3, -0.25) is 4.79 Å². The van der Waals surface area contributed by atoms with Gasteiger partial charge in [-0.2, -0.15) is 4.98 Å². The van der Waals surface area contributed by atoms with Gasteiger partial charge in [0.25, 0.3) is 0 Å². The molecule has 1 aromatic rings. The van der Waals surface area contributed by atoms with Crippen LogP contribution in [0, 0.1) is 0 Å². The zero-order chi connectivity index (χ0) is 11.5. The highest BCUT2D eigenvalue weighted by atomic mass is 35.5. The van der Waals surface area contributed by atoms with E-state index in [1.54, 1.807) is 7.11 Å². The van der Waals surface area contributed by atoms with E-state index in [1.165, 1.54) is 6.20 Å². The van der Waals surface area contributed by atoms with E-state index in [-0.39, 0.29) is 17.2 Å². The molecule has 0 radical (unpaired) electrons. The molecule has 0 saturated heterocycles. The first-order chi connectivity index (χ1) is 7.70. The van der Waals surface area contributed by atoms with Crippen LogP contribution in [0.1, 0.15) is 6.42 Å². The zero-order valence-electron chi connectivity index (χ0n) is 8.66. The number of amides is 1. The molecular weight excluding hydrogens is 232 g/mol. The summed E-state index contributed by atoms with van der Waals surface area (Å²) in [5.41, 5.74) is 0.545. The van der Waals surface area contributed by atoms with Gasteiger partial charge in [0.2, 0.25) is 11.2 Å². The number of halogens is 1. The number of hydrogen-bond donors (Lipinski definition) is 2. The lowest BCUT2D eigenvalue weighted by Crippen LogP contribution is -2.40. The summed E-state index contributed by atoms with van der Waals surface area (Å²) in [7, 11) is 1.59. The Balaban J connectivity index is 2.16. The minimum absolute atomic E-state index is 0.115. The SMILES string of the molecule is COCCC1Nc2nc(Cl)ncc2NC1=O. The first-order valence-corrected chi connectivity index (χ1v) is 5.17. The monoisotopic (exact) mass is 242 g/mol. The molecule has 1 aromatic heterocycles. The van der Waals surface area contributed by atoms with Crippen LogP contribution in [0.4, 0.5) is 11.5 Å². The highest BCUT2D eigenvalue weighted by Crippen LogP contribution is 2.25. The largest absolute Gasteiger partial charge is 0.385 e. The summed E-state index contributed by atoms with van der Waals surface area (Å²) in [6, 6.07) is -0.349. The molecule has 0 aliphatic carbocycles. The third kappa shape index (κ3) is 2.23. The second-order valence-corrected chi connectivity index (χ2v) is 3.71. The van der Waals surface area contributed by atoms with Gasteiger partial charge >= 0.3 is 0 Å². The van der Waals surface area contributed by atoms with Crippen LogP contribution < -0.4 is 10.6 Å². The molecule has 16 heavy (non-hydrogen) atoms. The summed E-state index contributed by atoms with van der Waals surface area (Å²) >= 11 is 5.67. The third-order valence-corrected chi connectivity index (χ3v) is 2.44. The number of ether oxygens (including phenoxy) is 1. The van der Waals surface area contributed by atoms with Crippen LogP contribution in [0.15, 0.2) is 6.20 Å². The second-order valence-electron chi connectivity index (χ2n) is 3.37. The number of fused-ring (bicyclic) bond motifs is 1. The smallest absolute Gasteiger partial charge is 0.247 e. The predicted molar refractivity (Wildman–Crippen MR) is 59.6 cm³/mol. The number of hydrogen-bond acceptors (Lipinski definition) is 5. The van der Waals surface area contributed by atoms with Crippen LogP contribution in [0.2, 0.25) is 5.28 Å². The lowest BCUT2D eigenvalue weighted by atomic mass is 10.1. The number of aromatic nitrogens is 2. The Morgan fingerprint density at radius 3 is 3.19 bits per heavy atom. The Kier molecular flexibility index (Phi) is 3.21. The van der Waals surface area contributed by atoms with E-state index in [4.69, 9.17) is 16.3 Å². The Morgan fingerprint density at radius 2 is 2.44 bits per heavy atom. The standard InChI is InChI=1S/C9H11ClN4O2/c1-16-3-2-5-8(15)13-6-4-11-9(10)14-7(6)12-5/h4-5H,2-3H2,1H3,(H,13,15)(H,11,12,14). The molecule has 1 aliphatic rings. The van der Waals surface area contributed by atoms with Crippen molar-refractivity contribution < 1.29 is 9.53 Å². The van der Waals surface area contributed by atoms with Crippen molar-refractivity contribution in [3.8, 4) is 0 Å². The molecule has 2 heterocycles. The molecule has 1 unspecified atom stereocenters. The van der Waals surface area contributed by atoms with E-state index in [2.05, 4.69) is 20.6 Å². The fraction of sp³-hybridized carbons (Fsp3) is 0.444. The highest BCUT2D eigenvalue weighted by molar-refractivity contribution is 6.28. The maximum atomic E-state index is 11.6. The van der Waals surface area contributed by atoms with Crippen LogP contribution in [0.25, 0.3) is 0 Å². The van der Waals surface area contributed by atoms with Gasteiger partial charge in [-0.05, 0) is 18.0 Å². The molecule has 0 fully saturated rings. The lowest BCUT2D eigenvalue weighted by molar-refractivity contribution is -0.117. The maximum absolute atomic E-state index is 11.6. The summed E-state index contributed by atoms with van der Waals surface area (Å²) < 4.78 is 4.93. The van der Waals surface area contributed by atoms with E-state index in [0.29, 0.717) is 24.5 Å². The maximum Gasteiger partial charge on any atom is 0.247 e. The molecule has 0 spiro atoms. The Hall–Kier alpha value is -1.40. The lowest BCUT2D eigenvalue weighted by Gasteiger charge is -2.25. The fourth-order valence-corrected chi connectivity index (χ4v) is 1.58. The molecular formula is C9H11ClN4O2. The van der Waals surface area contributed by atoms with Gasteiger partial charge in [-0.15, -0.1) is 0 Å². The van der Waals surface area contributed by atoms with Gasteiger partial charge in [0.1, 0.15) is 11.7 Å². The summed E-state index contributed by atoms with van der Waals surface area (Å²) in [6.45, 7) is 0.499. The van der Waals surface area contributed by atoms with Crippen LogP contribution >= 0.6 is 11.6 Å². The Labute approximate surface area is 97.4 Å². The number of nitrogens with one attached hydrogen (secondary N) is 2. The summed E-state index contributed by atoms with van der Waals surface area (Å²) in [5.74, 6) is 0.427. The van der Waals surface area contributed by atoms with Crippen molar-refractivity contribution in [3.63, 3.8) is 0 Å². The molecule has 2 rings (SSSR count). The van der Waals surface area contributed by atoms with Crippen molar-refractivity contribution in [2.45, 2.75) is 12.5 Å². The van der Waals surface area contributed by atoms with Gasteiger partial charge in [0.15, 0.2) is 5.82 Å². The molecule has 1 atom stereocenters. The van der Waals surface area contributed by atoms with Crippen LogP contribution in [0.3, 0.4) is 0 Å². The van der Waals surface area contributed by atoms with Crippen molar-refractivity contribution in [3.05, 3.63) is 11.5 Å². The normalized spacial score (nSPS) is 18.6. The van der Waals surface area contributed by atoms with Gasteiger partial charge in [-0.25, -0.2) is 4.98 Å². The van der Waals surface area contributed by atoms with Crippen LogP contribution in [0.5, 0.6) is 0 Å². The van der Waals surface area contributed by atoms with E-state index >= 15 is 0 Å². The van der Waals surface area contributed by atoms with Crippen molar-refractivity contribution in [2.75, 3.05) is 24.4 Å². The number of rotatable bonds is 3. The Morgan fingerprint density at radius 1 is 1.62 bits per heavy atom. The number of carbonyl (C=O) groups is 1. The number of carbonyl (C=O) groups excluding carboxylic acids is 1. The highest BCUT2D eigenvalue weighted by Gasteiger charge is 2.26. The van der Waals surface area contributed by atoms with E-state index < -0.39 is 0 Å². The zero-order valence-corrected chi connectivity index (χ0v) is 9.41. The van der Waals surface area contributed by atoms with E-state index in [9.17, 15) is 4.79 Å². The van der Waals surface area contributed by atoms with Gasteiger partial charge in [0, 0.05) is 13.7 Å². The number of methoxy groups -OCH3 is 1. The molecule has 1 amide bonds. The first kappa shape index (κ1) is 11.1. The van der Waals surface area contributed by atoms with Gasteiger partial charge in [-0.1, -0.05) is 0 Å². The minimum atomic E-state index is -0.349. The topological polar surface area (TPSA) is 76.1 Å². The predicted octanol–water partition coefficient (Wildman–Crippen LogP) is 0.899. The molecule has 0 bridgehead atoms. The van der Waals surface area contributed by atoms with Crippen molar-refractivity contribution >= 4 is 29.0 Å². The first-order valence-electron chi connectivity index (χ1n) is 4.79. The molecule has 6 nitrogen and oxygen atoms in total. The molecule has 86 valence electrons. The van der Waals surface area contributed by atoms with E-state index in [0.717, 1.165) is 0 Å². The molecule has 7 heteroatoms. The molecule has 0 aromatic carbocycles. The van der Waals surface area contributed by atoms with Gasteiger partial charge in [0.05, 0.1) is 6.20 Å².